The van der Waals surface area contributed by atoms with Gasteiger partial charge >= 0.3 is 0 Å². The van der Waals surface area contributed by atoms with Gasteiger partial charge in [0.25, 0.3) is 11.8 Å². The molecule has 1 aromatic heterocycles. The van der Waals surface area contributed by atoms with Crippen LogP contribution in [0.1, 0.15) is 23.3 Å². The molecule has 0 spiro atoms. The molecule has 1 atom stereocenters. The fraction of sp³-hybridized carbons (Fsp3) is 0.421. The molecule has 27 heavy (non-hydrogen) atoms. The van der Waals surface area contributed by atoms with E-state index in [0.717, 1.165) is 12.8 Å². The Morgan fingerprint density at radius 2 is 1.78 bits per heavy atom. The van der Waals surface area contributed by atoms with E-state index >= 15 is 0 Å². The number of hydrogen-bond acceptors (Lipinski definition) is 4. The first-order chi connectivity index (χ1) is 13.1. The van der Waals surface area contributed by atoms with E-state index in [0.29, 0.717) is 44.2 Å². The number of piperazine rings is 1. The molecular formula is C19H21FN4O3. The third-order valence-electron chi connectivity index (χ3n) is 5.05. The van der Waals surface area contributed by atoms with E-state index in [1.165, 1.54) is 24.7 Å². The molecule has 0 aliphatic carbocycles. The van der Waals surface area contributed by atoms with Crippen LogP contribution in [0, 0.1) is 5.82 Å². The summed E-state index contributed by atoms with van der Waals surface area (Å²) in [5, 5.41) is 0. The largest absolute Gasteiger partial charge is 0.368 e. The summed E-state index contributed by atoms with van der Waals surface area (Å²) in [5.41, 5.74) is 1.09. The highest BCUT2D eigenvalue weighted by molar-refractivity contribution is 5.93. The molecule has 4 rings (SSSR count). The predicted molar refractivity (Wildman–Crippen MR) is 95.0 cm³/mol. The van der Waals surface area contributed by atoms with E-state index < -0.39 is 0 Å². The first-order valence-corrected chi connectivity index (χ1v) is 9.11. The Balaban J connectivity index is 1.42. The molecule has 2 fully saturated rings. The predicted octanol–water partition coefficient (Wildman–Crippen LogP) is 1.47. The van der Waals surface area contributed by atoms with Gasteiger partial charge in [0, 0.05) is 38.5 Å². The van der Waals surface area contributed by atoms with Gasteiger partial charge in [0.05, 0.1) is 12.5 Å². The molecule has 8 heteroatoms. The average molecular weight is 372 g/mol. The van der Waals surface area contributed by atoms with Gasteiger partial charge in [-0.25, -0.2) is 9.37 Å². The number of amides is 2. The topological polar surface area (TPSA) is 67.7 Å². The molecule has 7 nitrogen and oxygen atoms in total. The zero-order valence-electron chi connectivity index (χ0n) is 14.9. The molecule has 0 saturated carbocycles. The van der Waals surface area contributed by atoms with E-state index in [2.05, 4.69) is 4.98 Å². The van der Waals surface area contributed by atoms with Crippen LogP contribution in [-0.2, 0) is 9.53 Å². The lowest BCUT2D eigenvalue weighted by atomic mass is 10.2. The number of ether oxygens (including phenoxy) is 1. The number of nitrogens with zero attached hydrogens (tertiary/aromatic N) is 4. The van der Waals surface area contributed by atoms with Crippen molar-refractivity contribution in [3.8, 4) is 5.69 Å². The highest BCUT2D eigenvalue weighted by Crippen LogP contribution is 2.18. The van der Waals surface area contributed by atoms with E-state index in [1.807, 2.05) is 0 Å². The van der Waals surface area contributed by atoms with Gasteiger partial charge in [0.2, 0.25) is 0 Å². The molecule has 2 aromatic rings. The van der Waals surface area contributed by atoms with Gasteiger partial charge in [-0.15, -0.1) is 0 Å². The fourth-order valence-corrected chi connectivity index (χ4v) is 3.53. The standard InChI is InChI=1S/C19H21FN4O3/c20-14-3-5-15(6-4-14)24-13-21-12-16(24)18(25)22-7-9-23(10-8-22)19(26)17-2-1-11-27-17/h3-6,12-13,17H,1-2,7-11H2/t17-/m1/s1. The zero-order chi connectivity index (χ0) is 18.8. The molecule has 0 N–H and O–H groups in total. The summed E-state index contributed by atoms with van der Waals surface area (Å²) in [6, 6.07) is 5.90. The lowest BCUT2D eigenvalue weighted by Gasteiger charge is -2.35. The summed E-state index contributed by atoms with van der Waals surface area (Å²) in [4.78, 5) is 32.9. The van der Waals surface area contributed by atoms with Crippen LogP contribution in [0.3, 0.4) is 0 Å². The molecule has 0 unspecified atom stereocenters. The highest BCUT2D eigenvalue weighted by Gasteiger charge is 2.32. The van der Waals surface area contributed by atoms with Crippen molar-refractivity contribution in [1.82, 2.24) is 19.4 Å². The van der Waals surface area contributed by atoms with Crippen molar-refractivity contribution in [1.29, 1.82) is 0 Å². The summed E-state index contributed by atoms with van der Waals surface area (Å²) < 4.78 is 20.3. The lowest BCUT2D eigenvalue weighted by Crippen LogP contribution is -2.53. The second kappa shape index (κ2) is 7.48. The number of halogens is 1. The number of carbonyl (C=O) groups is 2. The Morgan fingerprint density at radius 1 is 1.07 bits per heavy atom. The Hall–Kier alpha value is -2.74. The van der Waals surface area contributed by atoms with Crippen molar-refractivity contribution >= 4 is 11.8 Å². The molecule has 0 bridgehead atoms. The van der Waals surface area contributed by atoms with Gasteiger partial charge in [-0.3, -0.25) is 14.2 Å². The zero-order valence-corrected chi connectivity index (χ0v) is 14.9. The van der Waals surface area contributed by atoms with Crippen molar-refractivity contribution < 1.29 is 18.7 Å². The van der Waals surface area contributed by atoms with Crippen molar-refractivity contribution in [2.24, 2.45) is 0 Å². The summed E-state index contributed by atoms with van der Waals surface area (Å²) >= 11 is 0. The molecule has 2 aliphatic rings. The van der Waals surface area contributed by atoms with Crippen LogP contribution in [0.15, 0.2) is 36.8 Å². The minimum absolute atomic E-state index is 0.0240. The van der Waals surface area contributed by atoms with E-state index in [4.69, 9.17) is 4.74 Å². The summed E-state index contributed by atoms with van der Waals surface area (Å²) in [5.74, 6) is -0.462. The molecule has 3 heterocycles. The van der Waals surface area contributed by atoms with Gasteiger partial charge < -0.3 is 14.5 Å². The monoisotopic (exact) mass is 372 g/mol. The van der Waals surface area contributed by atoms with E-state index in [1.54, 1.807) is 26.5 Å². The number of hydrogen-bond donors (Lipinski definition) is 0. The Kier molecular flexibility index (Phi) is 4.89. The van der Waals surface area contributed by atoms with Crippen LogP contribution >= 0.6 is 0 Å². The van der Waals surface area contributed by atoms with Gasteiger partial charge in [0.15, 0.2) is 0 Å². The molecule has 142 valence electrons. The maximum Gasteiger partial charge on any atom is 0.272 e. The van der Waals surface area contributed by atoms with E-state index in [9.17, 15) is 14.0 Å². The molecule has 1 aromatic carbocycles. The number of benzene rings is 1. The number of carbonyl (C=O) groups excluding carboxylic acids is 2. The van der Waals surface area contributed by atoms with Crippen LogP contribution in [0.2, 0.25) is 0 Å². The Bertz CT molecular complexity index is 822. The minimum Gasteiger partial charge on any atom is -0.368 e. The van der Waals surface area contributed by atoms with Crippen molar-refractivity contribution in [3.63, 3.8) is 0 Å². The second-order valence-corrected chi connectivity index (χ2v) is 6.74. The van der Waals surface area contributed by atoms with Crippen LogP contribution in [-0.4, -0.2) is 70.1 Å². The normalized spacial score (nSPS) is 20.1. The first kappa shape index (κ1) is 17.7. The third-order valence-corrected chi connectivity index (χ3v) is 5.05. The summed E-state index contributed by atoms with van der Waals surface area (Å²) in [6.07, 6.45) is 4.41. The van der Waals surface area contributed by atoms with Crippen molar-refractivity contribution in [2.45, 2.75) is 18.9 Å². The Labute approximate surface area is 156 Å². The molecule has 0 radical (unpaired) electrons. The highest BCUT2D eigenvalue weighted by atomic mass is 19.1. The van der Waals surface area contributed by atoms with Crippen molar-refractivity contribution in [3.05, 3.63) is 48.3 Å². The van der Waals surface area contributed by atoms with Crippen LogP contribution in [0.4, 0.5) is 4.39 Å². The minimum atomic E-state index is -0.334. The fourth-order valence-electron chi connectivity index (χ4n) is 3.53. The molecule has 2 amide bonds. The van der Waals surface area contributed by atoms with Gasteiger partial charge in [-0.05, 0) is 37.1 Å². The van der Waals surface area contributed by atoms with Gasteiger partial charge in [-0.2, -0.15) is 0 Å². The van der Waals surface area contributed by atoms with Crippen molar-refractivity contribution in [2.75, 3.05) is 32.8 Å². The smallest absolute Gasteiger partial charge is 0.272 e. The summed E-state index contributed by atoms with van der Waals surface area (Å²) in [6.45, 7) is 2.56. The second-order valence-electron chi connectivity index (χ2n) is 6.74. The number of rotatable bonds is 3. The molecule has 2 aliphatic heterocycles. The average Bonchev–Trinajstić information content (AvgIpc) is 3.40. The SMILES string of the molecule is O=C(c1cncn1-c1ccc(F)cc1)N1CCN(C(=O)[C@H]2CCCO2)CC1. The van der Waals surface area contributed by atoms with Crippen LogP contribution in [0.5, 0.6) is 0 Å². The number of imidazole rings is 1. The lowest BCUT2D eigenvalue weighted by molar-refractivity contribution is -0.142. The van der Waals surface area contributed by atoms with Gasteiger partial charge in [-0.1, -0.05) is 0 Å². The third kappa shape index (κ3) is 3.57. The maximum atomic E-state index is 13.2. The quantitative estimate of drug-likeness (QED) is 0.818. The van der Waals surface area contributed by atoms with Crippen LogP contribution < -0.4 is 0 Å². The molecule has 2 saturated heterocycles. The van der Waals surface area contributed by atoms with Crippen LogP contribution in [0.25, 0.3) is 5.69 Å². The molecular weight excluding hydrogens is 351 g/mol. The summed E-state index contributed by atoms with van der Waals surface area (Å²) in [7, 11) is 0. The maximum absolute atomic E-state index is 13.2. The van der Waals surface area contributed by atoms with Gasteiger partial charge in [0.1, 0.15) is 17.6 Å². The Morgan fingerprint density at radius 3 is 2.44 bits per heavy atom. The number of aromatic nitrogens is 2. The van der Waals surface area contributed by atoms with E-state index in [-0.39, 0.29) is 23.7 Å². The first-order valence-electron chi connectivity index (χ1n) is 9.11.